The van der Waals surface area contributed by atoms with E-state index in [0.29, 0.717) is 5.75 Å². The van der Waals surface area contributed by atoms with Crippen LogP contribution < -0.4 is 15.2 Å². The molecule has 3 N–H and O–H groups in total. The number of hydrogen-bond acceptors (Lipinski definition) is 5. The number of sulfonamides is 1. The molecule has 21 heavy (non-hydrogen) atoms. The first-order valence-corrected chi connectivity index (χ1v) is 7.41. The predicted molar refractivity (Wildman–Crippen MR) is 79.4 cm³/mol. The Balaban J connectivity index is 2.35. The van der Waals surface area contributed by atoms with E-state index in [1.165, 1.54) is 43.5 Å². The van der Waals surface area contributed by atoms with E-state index in [-0.39, 0.29) is 21.8 Å². The first-order valence-electron chi connectivity index (χ1n) is 5.93. The molecule has 7 heteroatoms. The monoisotopic (exact) mass is 303 g/mol. The zero-order valence-corrected chi connectivity index (χ0v) is 12.0. The van der Waals surface area contributed by atoms with Gasteiger partial charge in [0.05, 0.1) is 35.0 Å². The molecule has 0 radical (unpaired) electrons. The lowest BCUT2D eigenvalue weighted by atomic mass is 10.2. The Bertz CT molecular complexity index is 810. The molecule has 0 aliphatic rings. The Labute approximate surface area is 122 Å². The van der Waals surface area contributed by atoms with Gasteiger partial charge in [0.15, 0.2) is 0 Å². The van der Waals surface area contributed by atoms with Gasteiger partial charge in [0.25, 0.3) is 10.0 Å². The lowest BCUT2D eigenvalue weighted by Crippen LogP contribution is -2.14. The lowest BCUT2D eigenvalue weighted by Gasteiger charge is -2.11. The highest BCUT2D eigenvalue weighted by Crippen LogP contribution is 2.26. The van der Waals surface area contributed by atoms with Crippen molar-refractivity contribution in [2.45, 2.75) is 4.90 Å². The number of ether oxygens (including phenoxy) is 1. The Morgan fingerprint density at radius 2 is 2.00 bits per heavy atom. The van der Waals surface area contributed by atoms with Crippen molar-refractivity contribution in [1.82, 2.24) is 0 Å². The zero-order valence-electron chi connectivity index (χ0n) is 11.2. The summed E-state index contributed by atoms with van der Waals surface area (Å²) in [5, 5.41) is 8.82. The van der Waals surface area contributed by atoms with Gasteiger partial charge >= 0.3 is 0 Å². The number of nitriles is 1. The van der Waals surface area contributed by atoms with Gasteiger partial charge in [-0.2, -0.15) is 5.26 Å². The smallest absolute Gasteiger partial charge is 0.262 e. The molecule has 0 heterocycles. The van der Waals surface area contributed by atoms with Gasteiger partial charge in [0.2, 0.25) is 0 Å². The van der Waals surface area contributed by atoms with Gasteiger partial charge in [0, 0.05) is 6.07 Å². The highest BCUT2D eigenvalue weighted by molar-refractivity contribution is 7.92. The van der Waals surface area contributed by atoms with Crippen LogP contribution in [-0.2, 0) is 10.0 Å². The van der Waals surface area contributed by atoms with E-state index in [1.807, 2.05) is 6.07 Å². The highest BCUT2D eigenvalue weighted by Gasteiger charge is 2.16. The summed E-state index contributed by atoms with van der Waals surface area (Å²) in [6, 6.07) is 12.3. The summed E-state index contributed by atoms with van der Waals surface area (Å²) < 4.78 is 31.9. The fourth-order valence-corrected chi connectivity index (χ4v) is 2.83. The molecule has 0 bridgehead atoms. The normalized spacial score (nSPS) is 10.7. The van der Waals surface area contributed by atoms with Crippen LogP contribution >= 0.6 is 0 Å². The average molecular weight is 303 g/mol. The van der Waals surface area contributed by atoms with Crippen molar-refractivity contribution in [2.24, 2.45) is 0 Å². The van der Waals surface area contributed by atoms with Gasteiger partial charge in [-0.25, -0.2) is 8.42 Å². The summed E-state index contributed by atoms with van der Waals surface area (Å²) >= 11 is 0. The van der Waals surface area contributed by atoms with Crippen LogP contribution in [0.2, 0.25) is 0 Å². The molecule has 0 unspecified atom stereocenters. The molecular weight excluding hydrogens is 290 g/mol. The Morgan fingerprint density at radius 1 is 1.24 bits per heavy atom. The molecule has 0 aliphatic carbocycles. The van der Waals surface area contributed by atoms with Crippen molar-refractivity contribution < 1.29 is 13.2 Å². The summed E-state index contributed by atoms with van der Waals surface area (Å²) in [5.74, 6) is 0.530. The number of nitrogens with one attached hydrogen (secondary N) is 1. The van der Waals surface area contributed by atoms with Crippen molar-refractivity contribution in [1.29, 1.82) is 5.26 Å². The molecule has 6 nitrogen and oxygen atoms in total. The van der Waals surface area contributed by atoms with Crippen molar-refractivity contribution >= 4 is 21.4 Å². The van der Waals surface area contributed by atoms with Crippen molar-refractivity contribution in [2.75, 3.05) is 17.6 Å². The molecule has 0 saturated carbocycles. The maximum absolute atomic E-state index is 12.3. The van der Waals surface area contributed by atoms with Gasteiger partial charge in [-0.1, -0.05) is 6.07 Å². The van der Waals surface area contributed by atoms with Crippen LogP contribution in [0.4, 0.5) is 11.4 Å². The van der Waals surface area contributed by atoms with E-state index in [1.54, 1.807) is 6.07 Å². The van der Waals surface area contributed by atoms with E-state index in [0.717, 1.165) is 0 Å². The van der Waals surface area contributed by atoms with Crippen molar-refractivity contribution in [3.05, 3.63) is 48.0 Å². The molecule has 0 aromatic heterocycles. The Morgan fingerprint density at radius 3 is 2.62 bits per heavy atom. The van der Waals surface area contributed by atoms with Crippen LogP contribution in [0.3, 0.4) is 0 Å². The van der Waals surface area contributed by atoms with Crippen LogP contribution in [0.1, 0.15) is 5.56 Å². The van der Waals surface area contributed by atoms with Gasteiger partial charge in [-0.15, -0.1) is 0 Å². The standard InChI is InChI=1S/C14H13N3O3S/c1-20-11-5-6-14(13(16)8-11)17-21(18,19)12-4-2-3-10(7-12)9-15/h2-8,17H,16H2,1H3. The predicted octanol–water partition coefficient (Wildman–Crippen LogP) is 1.95. The van der Waals surface area contributed by atoms with Crippen molar-refractivity contribution in [3.63, 3.8) is 0 Å². The topological polar surface area (TPSA) is 105 Å². The summed E-state index contributed by atoms with van der Waals surface area (Å²) in [6.07, 6.45) is 0. The minimum Gasteiger partial charge on any atom is -0.497 e. The maximum atomic E-state index is 12.3. The molecule has 0 aliphatic heterocycles. The molecule has 108 valence electrons. The second kappa shape index (κ2) is 5.73. The molecule has 0 spiro atoms. The number of anilines is 2. The fourth-order valence-electron chi connectivity index (χ4n) is 1.70. The third-order valence-electron chi connectivity index (χ3n) is 2.78. The third-order valence-corrected chi connectivity index (χ3v) is 4.14. The maximum Gasteiger partial charge on any atom is 0.262 e. The first kappa shape index (κ1) is 14.7. The number of rotatable bonds is 4. The fraction of sp³-hybridized carbons (Fsp3) is 0.0714. The zero-order chi connectivity index (χ0) is 15.5. The van der Waals surface area contributed by atoms with Crippen LogP contribution in [0, 0.1) is 11.3 Å². The summed E-state index contributed by atoms with van der Waals surface area (Å²) in [4.78, 5) is -0.00299. The van der Waals surface area contributed by atoms with Gasteiger partial charge in [-0.05, 0) is 30.3 Å². The quantitative estimate of drug-likeness (QED) is 0.840. The molecule has 2 aromatic rings. The second-order valence-corrected chi connectivity index (χ2v) is 5.88. The van der Waals surface area contributed by atoms with Gasteiger partial charge < -0.3 is 10.5 Å². The molecule has 0 saturated heterocycles. The minimum absolute atomic E-state index is 0.00299. The highest BCUT2D eigenvalue weighted by atomic mass is 32.2. The number of nitrogens with two attached hydrogens (primary N) is 1. The van der Waals surface area contributed by atoms with Crippen LogP contribution in [-0.4, -0.2) is 15.5 Å². The summed E-state index contributed by atoms with van der Waals surface area (Å²) in [6.45, 7) is 0. The lowest BCUT2D eigenvalue weighted by molar-refractivity contribution is 0.415. The number of hydrogen-bond donors (Lipinski definition) is 2. The number of nitrogen functional groups attached to an aromatic ring is 1. The Kier molecular flexibility index (Phi) is 4.00. The summed E-state index contributed by atoms with van der Waals surface area (Å²) in [7, 11) is -2.32. The second-order valence-electron chi connectivity index (χ2n) is 4.20. The van der Waals surface area contributed by atoms with E-state index in [9.17, 15) is 8.42 Å². The van der Waals surface area contributed by atoms with E-state index in [4.69, 9.17) is 15.7 Å². The van der Waals surface area contributed by atoms with Gasteiger partial charge in [0.1, 0.15) is 5.75 Å². The SMILES string of the molecule is COc1ccc(NS(=O)(=O)c2cccc(C#N)c2)c(N)c1. The van der Waals surface area contributed by atoms with E-state index in [2.05, 4.69) is 4.72 Å². The van der Waals surface area contributed by atoms with E-state index >= 15 is 0 Å². The van der Waals surface area contributed by atoms with Crippen LogP contribution in [0.5, 0.6) is 5.75 Å². The largest absolute Gasteiger partial charge is 0.497 e. The minimum atomic E-state index is -3.81. The Hall–Kier alpha value is -2.72. The van der Waals surface area contributed by atoms with Crippen LogP contribution in [0.25, 0.3) is 0 Å². The molecule has 2 aromatic carbocycles. The number of benzene rings is 2. The number of nitrogens with zero attached hydrogens (tertiary/aromatic N) is 1. The molecular formula is C14H13N3O3S. The number of methoxy groups -OCH3 is 1. The molecule has 0 atom stereocenters. The van der Waals surface area contributed by atoms with Crippen molar-refractivity contribution in [3.8, 4) is 11.8 Å². The molecule has 0 fully saturated rings. The third kappa shape index (κ3) is 3.24. The molecule has 0 amide bonds. The summed E-state index contributed by atoms with van der Waals surface area (Å²) in [5.41, 5.74) is 6.54. The first-order chi connectivity index (χ1) is 9.96. The average Bonchev–Trinajstić information content (AvgIpc) is 2.49. The van der Waals surface area contributed by atoms with Gasteiger partial charge in [-0.3, -0.25) is 4.72 Å². The van der Waals surface area contributed by atoms with Crippen LogP contribution in [0.15, 0.2) is 47.4 Å². The molecule has 2 rings (SSSR count). The van der Waals surface area contributed by atoms with E-state index < -0.39 is 10.0 Å².